The summed E-state index contributed by atoms with van der Waals surface area (Å²) in [5.41, 5.74) is 8.28. The lowest BCUT2D eigenvalue weighted by atomic mass is 10.0. The maximum Gasteiger partial charge on any atom is 0.104 e. The Bertz CT molecular complexity index is 456. The lowest BCUT2D eigenvalue weighted by Crippen LogP contribution is -2.02. The van der Waals surface area contributed by atoms with E-state index in [-0.39, 0.29) is 0 Å². The molecule has 2 aromatic rings. The Balaban J connectivity index is 2.30. The highest BCUT2D eigenvalue weighted by atomic mass is 16.3. The minimum atomic E-state index is -0.616. The molecule has 0 unspecified atom stereocenters. The molecule has 0 saturated carbocycles. The Kier molecular flexibility index (Phi) is 3.29. The second-order valence-corrected chi connectivity index (χ2v) is 3.63. The van der Waals surface area contributed by atoms with Crippen molar-refractivity contribution < 1.29 is 5.11 Å². The van der Waals surface area contributed by atoms with Crippen LogP contribution in [0.5, 0.6) is 0 Å². The van der Waals surface area contributed by atoms with Gasteiger partial charge >= 0.3 is 0 Å². The molecule has 16 heavy (non-hydrogen) atoms. The van der Waals surface area contributed by atoms with E-state index < -0.39 is 6.10 Å². The van der Waals surface area contributed by atoms with Crippen LogP contribution in [-0.2, 0) is 6.54 Å². The van der Waals surface area contributed by atoms with Crippen molar-refractivity contribution in [1.82, 2.24) is 4.98 Å². The van der Waals surface area contributed by atoms with Crippen LogP contribution in [0.15, 0.2) is 48.8 Å². The highest BCUT2D eigenvalue weighted by molar-refractivity contribution is 5.31. The highest BCUT2D eigenvalue weighted by Crippen LogP contribution is 2.21. The van der Waals surface area contributed by atoms with Crippen molar-refractivity contribution in [1.29, 1.82) is 0 Å². The standard InChI is InChI=1S/C13H14N2O/c14-9-10-2-1-3-12(8-10)13(16)11-4-6-15-7-5-11/h1-8,13,16H,9,14H2/t13-/m1/s1. The summed E-state index contributed by atoms with van der Waals surface area (Å²) in [5, 5.41) is 10.1. The number of nitrogens with zero attached hydrogens (tertiary/aromatic N) is 1. The highest BCUT2D eigenvalue weighted by Gasteiger charge is 2.09. The Hall–Kier alpha value is -1.71. The summed E-state index contributed by atoms with van der Waals surface area (Å²) in [5.74, 6) is 0. The molecular formula is C13H14N2O. The SMILES string of the molecule is NCc1cccc([C@H](O)c2ccncc2)c1. The Morgan fingerprint density at radius 2 is 1.88 bits per heavy atom. The number of aliphatic hydroxyl groups is 1. The van der Waals surface area contributed by atoms with Gasteiger partial charge in [-0.3, -0.25) is 4.98 Å². The average molecular weight is 214 g/mol. The molecule has 0 amide bonds. The van der Waals surface area contributed by atoms with Gasteiger partial charge in [-0.2, -0.15) is 0 Å². The first-order valence-corrected chi connectivity index (χ1v) is 5.18. The van der Waals surface area contributed by atoms with E-state index in [0.29, 0.717) is 6.54 Å². The Morgan fingerprint density at radius 3 is 2.56 bits per heavy atom. The van der Waals surface area contributed by atoms with Gasteiger partial charge in [-0.1, -0.05) is 24.3 Å². The van der Waals surface area contributed by atoms with Crippen LogP contribution in [0.2, 0.25) is 0 Å². The summed E-state index contributed by atoms with van der Waals surface area (Å²) in [4.78, 5) is 3.92. The first-order chi connectivity index (χ1) is 7.81. The molecule has 0 spiro atoms. The lowest BCUT2D eigenvalue weighted by molar-refractivity contribution is 0.220. The fourth-order valence-corrected chi connectivity index (χ4v) is 1.63. The van der Waals surface area contributed by atoms with Gasteiger partial charge in [0.2, 0.25) is 0 Å². The summed E-state index contributed by atoms with van der Waals surface area (Å²) in [6.07, 6.45) is 2.73. The molecule has 2 rings (SSSR count). The molecule has 3 heteroatoms. The van der Waals surface area contributed by atoms with Crippen LogP contribution >= 0.6 is 0 Å². The third-order valence-corrected chi connectivity index (χ3v) is 2.52. The average Bonchev–Trinajstić information content (AvgIpc) is 2.39. The normalized spacial score (nSPS) is 12.4. The molecule has 82 valence electrons. The molecule has 0 bridgehead atoms. The van der Waals surface area contributed by atoms with Gasteiger partial charge in [-0.15, -0.1) is 0 Å². The van der Waals surface area contributed by atoms with Gasteiger partial charge < -0.3 is 10.8 Å². The molecule has 1 aromatic heterocycles. The van der Waals surface area contributed by atoms with Crippen LogP contribution < -0.4 is 5.73 Å². The number of hydrogen-bond acceptors (Lipinski definition) is 3. The fourth-order valence-electron chi connectivity index (χ4n) is 1.63. The fraction of sp³-hybridized carbons (Fsp3) is 0.154. The zero-order chi connectivity index (χ0) is 11.4. The third-order valence-electron chi connectivity index (χ3n) is 2.52. The van der Waals surface area contributed by atoms with E-state index in [0.717, 1.165) is 16.7 Å². The van der Waals surface area contributed by atoms with Gasteiger partial charge in [0.05, 0.1) is 0 Å². The maximum absolute atomic E-state index is 10.1. The topological polar surface area (TPSA) is 59.1 Å². The van der Waals surface area contributed by atoms with Crippen molar-refractivity contribution in [2.75, 3.05) is 0 Å². The van der Waals surface area contributed by atoms with Crippen LogP contribution in [0.1, 0.15) is 22.8 Å². The second-order valence-electron chi connectivity index (χ2n) is 3.63. The first kappa shape index (κ1) is 10.8. The van der Waals surface area contributed by atoms with Crippen molar-refractivity contribution in [3.8, 4) is 0 Å². The molecule has 0 radical (unpaired) electrons. The van der Waals surface area contributed by atoms with Crippen molar-refractivity contribution in [2.24, 2.45) is 5.73 Å². The molecule has 0 fully saturated rings. The molecule has 1 aromatic carbocycles. The zero-order valence-electron chi connectivity index (χ0n) is 8.88. The van der Waals surface area contributed by atoms with Crippen LogP contribution in [0.25, 0.3) is 0 Å². The summed E-state index contributed by atoms with van der Waals surface area (Å²) < 4.78 is 0. The van der Waals surface area contributed by atoms with Crippen molar-refractivity contribution >= 4 is 0 Å². The monoisotopic (exact) mass is 214 g/mol. The molecule has 0 saturated heterocycles. The number of benzene rings is 1. The summed E-state index contributed by atoms with van der Waals surface area (Å²) in [6.45, 7) is 0.483. The number of pyridine rings is 1. The van der Waals surface area contributed by atoms with E-state index in [9.17, 15) is 5.11 Å². The zero-order valence-corrected chi connectivity index (χ0v) is 8.88. The maximum atomic E-state index is 10.1. The van der Waals surface area contributed by atoms with Gasteiger partial charge in [0.25, 0.3) is 0 Å². The second kappa shape index (κ2) is 4.88. The van der Waals surface area contributed by atoms with Gasteiger partial charge in [-0.05, 0) is 28.8 Å². The Morgan fingerprint density at radius 1 is 1.12 bits per heavy atom. The predicted octanol–water partition coefficient (Wildman–Crippen LogP) is 1.62. The number of hydrogen-bond donors (Lipinski definition) is 2. The molecule has 1 atom stereocenters. The van der Waals surface area contributed by atoms with Gasteiger partial charge in [-0.25, -0.2) is 0 Å². The molecular weight excluding hydrogens is 200 g/mol. The van der Waals surface area contributed by atoms with Crippen molar-refractivity contribution in [3.63, 3.8) is 0 Å². The first-order valence-electron chi connectivity index (χ1n) is 5.18. The number of nitrogens with two attached hydrogens (primary N) is 1. The molecule has 0 aliphatic heterocycles. The van der Waals surface area contributed by atoms with E-state index >= 15 is 0 Å². The molecule has 3 nitrogen and oxygen atoms in total. The summed E-state index contributed by atoms with van der Waals surface area (Å²) in [7, 11) is 0. The number of aromatic nitrogens is 1. The van der Waals surface area contributed by atoms with Gasteiger partial charge in [0.1, 0.15) is 6.10 Å². The number of aliphatic hydroxyl groups excluding tert-OH is 1. The van der Waals surface area contributed by atoms with E-state index in [4.69, 9.17) is 5.73 Å². The third kappa shape index (κ3) is 2.27. The Labute approximate surface area is 94.6 Å². The minimum absolute atomic E-state index is 0.483. The molecule has 1 heterocycles. The van der Waals surface area contributed by atoms with E-state index in [1.165, 1.54) is 0 Å². The largest absolute Gasteiger partial charge is 0.384 e. The summed E-state index contributed by atoms with van der Waals surface area (Å²) >= 11 is 0. The van der Waals surface area contributed by atoms with E-state index in [1.807, 2.05) is 24.3 Å². The van der Waals surface area contributed by atoms with E-state index in [1.54, 1.807) is 24.5 Å². The predicted molar refractivity (Wildman–Crippen MR) is 62.6 cm³/mol. The van der Waals surface area contributed by atoms with Crippen LogP contribution in [0.3, 0.4) is 0 Å². The number of rotatable bonds is 3. The molecule has 0 aliphatic rings. The van der Waals surface area contributed by atoms with Crippen molar-refractivity contribution in [3.05, 3.63) is 65.5 Å². The van der Waals surface area contributed by atoms with Crippen LogP contribution in [0.4, 0.5) is 0 Å². The van der Waals surface area contributed by atoms with E-state index in [2.05, 4.69) is 4.98 Å². The molecule has 3 N–H and O–H groups in total. The van der Waals surface area contributed by atoms with Crippen molar-refractivity contribution in [2.45, 2.75) is 12.6 Å². The van der Waals surface area contributed by atoms with Gasteiger partial charge in [0, 0.05) is 18.9 Å². The van der Waals surface area contributed by atoms with Crippen LogP contribution in [0, 0.1) is 0 Å². The van der Waals surface area contributed by atoms with Crippen LogP contribution in [-0.4, -0.2) is 10.1 Å². The quantitative estimate of drug-likeness (QED) is 0.816. The minimum Gasteiger partial charge on any atom is -0.384 e. The lowest BCUT2D eigenvalue weighted by Gasteiger charge is -2.11. The van der Waals surface area contributed by atoms with Gasteiger partial charge in [0.15, 0.2) is 0 Å². The smallest absolute Gasteiger partial charge is 0.104 e. The molecule has 0 aliphatic carbocycles. The summed E-state index contributed by atoms with van der Waals surface area (Å²) in [6, 6.07) is 11.3.